The molecule has 1 heterocycles. The van der Waals surface area contributed by atoms with Gasteiger partial charge in [-0.05, 0) is 40.2 Å². The predicted octanol–water partition coefficient (Wildman–Crippen LogP) is 0.934. The summed E-state index contributed by atoms with van der Waals surface area (Å²) in [6.07, 6.45) is 1.79. The van der Waals surface area contributed by atoms with E-state index in [4.69, 9.17) is 10.5 Å². The number of rotatable bonds is 3. The normalized spacial score (nSPS) is 22.2. The quantitative estimate of drug-likeness (QED) is 0.774. The largest absolute Gasteiger partial charge is 0.444 e. The van der Waals surface area contributed by atoms with Crippen LogP contribution in [0.2, 0.25) is 0 Å². The number of carbonyl (C=O) groups excluding carboxylic acids is 1. The third-order valence-corrected chi connectivity index (χ3v) is 2.67. The van der Waals surface area contributed by atoms with Crippen molar-refractivity contribution in [2.75, 3.05) is 26.2 Å². The van der Waals surface area contributed by atoms with Crippen LogP contribution in [-0.2, 0) is 4.74 Å². The van der Waals surface area contributed by atoms with Gasteiger partial charge in [0.1, 0.15) is 5.60 Å². The van der Waals surface area contributed by atoms with Crippen molar-refractivity contribution in [2.45, 2.75) is 45.3 Å². The Labute approximate surface area is 104 Å². The molecule has 0 bridgehead atoms. The minimum Gasteiger partial charge on any atom is -0.444 e. The molecule has 0 aliphatic carbocycles. The SMILES string of the molecule is CC(C)(C)OC(=O)N[C@@H]1CCCN(CCN)C1. The van der Waals surface area contributed by atoms with Crippen LogP contribution in [0.5, 0.6) is 0 Å². The first-order chi connectivity index (χ1) is 7.90. The first-order valence-corrected chi connectivity index (χ1v) is 6.32. The average molecular weight is 243 g/mol. The summed E-state index contributed by atoms with van der Waals surface area (Å²) in [5.41, 5.74) is 5.10. The van der Waals surface area contributed by atoms with Crippen LogP contribution >= 0.6 is 0 Å². The topological polar surface area (TPSA) is 67.6 Å². The Kier molecular flexibility index (Phi) is 5.21. The van der Waals surface area contributed by atoms with E-state index in [0.717, 1.165) is 32.5 Å². The number of nitrogens with zero attached hydrogens (tertiary/aromatic N) is 1. The summed E-state index contributed by atoms with van der Waals surface area (Å²) >= 11 is 0. The number of hydrogen-bond acceptors (Lipinski definition) is 4. The van der Waals surface area contributed by atoms with Gasteiger partial charge in [0.25, 0.3) is 0 Å². The van der Waals surface area contributed by atoms with Gasteiger partial charge in [0.15, 0.2) is 0 Å². The third kappa shape index (κ3) is 5.89. The molecule has 0 aromatic rings. The highest BCUT2D eigenvalue weighted by Crippen LogP contribution is 2.11. The van der Waals surface area contributed by atoms with Gasteiger partial charge in [-0.15, -0.1) is 0 Å². The van der Waals surface area contributed by atoms with Crippen molar-refractivity contribution in [3.05, 3.63) is 0 Å². The highest BCUT2D eigenvalue weighted by molar-refractivity contribution is 5.68. The zero-order valence-corrected chi connectivity index (χ0v) is 11.2. The number of alkyl carbamates (subject to hydrolysis) is 1. The molecular weight excluding hydrogens is 218 g/mol. The lowest BCUT2D eigenvalue weighted by Crippen LogP contribution is -2.49. The summed E-state index contributed by atoms with van der Waals surface area (Å²) in [5.74, 6) is 0. The number of likely N-dealkylation sites (tertiary alicyclic amines) is 1. The molecule has 1 atom stereocenters. The highest BCUT2D eigenvalue weighted by atomic mass is 16.6. The number of carbonyl (C=O) groups is 1. The number of nitrogens with one attached hydrogen (secondary N) is 1. The van der Waals surface area contributed by atoms with Gasteiger partial charge in [-0.1, -0.05) is 0 Å². The Morgan fingerprint density at radius 1 is 1.53 bits per heavy atom. The number of piperidine rings is 1. The number of ether oxygens (including phenoxy) is 1. The van der Waals surface area contributed by atoms with Gasteiger partial charge in [-0.3, -0.25) is 0 Å². The van der Waals surface area contributed by atoms with Crippen LogP contribution < -0.4 is 11.1 Å². The summed E-state index contributed by atoms with van der Waals surface area (Å²) in [6, 6.07) is 0.185. The van der Waals surface area contributed by atoms with Gasteiger partial charge in [0.05, 0.1) is 0 Å². The molecular formula is C12H25N3O2. The number of amides is 1. The predicted molar refractivity (Wildman–Crippen MR) is 67.9 cm³/mol. The van der Waals surface area contributed by atoms with Gasteiger partial charge in [-0.25, -0.2) is 4.79 Å². The van der Waals surface area contributed by atoms with Crippen molar-refractivity contribution in [2.24, 2.45) is 5.73 Å². The molecule has 17 heavy (non-hydrogen) atoms. The summed E-state index contributed by atoms with van der Waals surface area (Å²) in [4.78, 5) is 13.9. The van der Waals surface area contributed by atoms with E-state index in [1.807, 2.05) is 20.8 Å². The van der Waals surface area contributed by atoms with Crippen molar-refractivity contribution in [1.82, 2.24) is 10.2 Å². The molecule has 5 heteroatoms. The van der Waals surface area contributed by atoms with E-state index in [2.05, 4.69) is 10.2 Å². The van der Waals surface area contributed by atoms with Crippen molar-refractivity contribution < 1.29 is 9.53 Å². The van der Waals surface area contributed by atoms with Crippen LogP contribution in [-0.4, -0.2) is 48.8 Å². The zero-order valence-electron chi connectivity index (χ0n) is 11.2. The second kappa shape index (κ2) is 6.21. The Morgan fingerprint density at radius 3 is 2.82 bits per heavy atom. The minimum atomic E-state index is -0.435. The van der Waals surface area contributed by atoms with Crippen LogP contribution in [0.3, 0.4) is 0 Å². The smallest absolute Gasteiger partial charge is 0.407 e. The monoisotopic (exact) mass is 243 g/mol. The third-order valence-electron chi connectivity index (χ3n) is 2.67. The summed E-state index contributed by atoms with van der Waals surface area (Å²) in [6.45, 7) is 9.11. The van der Waals surface area contributed by atoms with Crippen LogP contribution in [0.15, 0.2) is 0 Å². The first kappa shape index (κ1) is 14.3. The van der Waals surface area contributed by atoms with Crippen LogP contribution in [0.4, 0.5) is 4.79 Å². The lowest BCUT2D eigenvalue weighted by molar-refractivity contribution is 0.0473. The molecule has 0 aromatic carbocycles. The Balaban J connectivity index is 2.33. The second-order valence-corrected chi connectivity index (χ2v) is 5.57. The molecule has 0 saturated carbocycles. The zero-order chi connectivity index (χ0) is 12.9. The molecule has 100 valence electrons. The lowest BCUT2D eigenvalue weighted by atomic mass is 10.1. The molecule has 1 aliphatic heterocycles. The maximum absolute atomic E-state index is 11.6. The van der Waals surface area contributed by atoms with E-state index in [1.165, 1.54) is 0 Å². The molecule has 1 aliphatic rings. The van der Waals surface area contributed by atoms with Crippen molar-refractivity contribution in [3.8, 4) is 0 Å². The Morgan fingerprint density at radius 2 is 2.24 bits per heavy atom. The number of nitrogens with two attached hydrogens (primary N) is 1. The van der Waals surface area contributed by atoms with E-state index in [9.17, 15) is 4.79 Å². The second-order valence-electron chi connectivity index (χ2n) is 5.57. The Hall–Kier alpha value is -0.810. The van der Waals surface area contributed by atoms with Crippen molar-refractivity contribution >= 4 is 6.09 Å². The average Bonchev–Trinajstić information content (AvgIpc) is 2.15. The van der Waals surface area contributed by atoms with Crippen LogP contribution in [0, 0.1) is 0 Å². The fourth-order valence-corrected chi connectivity index (χ4v) is 2.03. The van der Waals surface area contributed by atoms with E-state index in [0.29, 0.717) is 6.54 Å². The lowest BCUT2D eigenvalue weighted by Gasteiger charge is -2.33. The van der Waals surface area contributed by atoms with Crippen LogP contribution in [0.1, 0.15) is 33.6 Å². The van der Waals surface area contributed by atoms with Gasteiger partial charge >= 0.3 is 6.09 Å². The van der Waals surface area contributed by atoms with E-state index < -0.39 is 5.60 Å². The van der Waals surface area contributed by atoms with Crippen molar-refractivity contribution in [1.29, 1.82) is 0 Å². The van der Waals surface area contributed by atoms with E-state index in [-0.39, 0.29) is 12.1 Å². The molecule has 1 fully saturated rings. The van der Waals surface area contributed by atoms with Crippen LogP contribution in [0.25, 0.3) is 0 Å². The summed E-state index contributed by atoms with van der Waals surface area (Å²) in [5, 5.41) is 2.92. The highest BCUT2D eigenvalue weighted by Gasteiger charge is 2.23. The first-order valence-electron chi connectivity index (χ1n) is 6.32. The van der Waals surface area contributed by atoms with Gasteiger partial charge in [0.2, 0.25) is 0 Å². The number of hydrogen-bond donors (Lipinski definition) is 2. The van der Waals surface area contributed by atoms with E-state index in [1.54, 1.807) is 0 Å². The molecule has 0 spiro atoms. The fourth-order valence-electron chi connectivity index (χ4n) is 2.03. The summed E-state index contributed by atoms with van der Waals surface area (Å²) < 4.78 is 5.24. The molecule has 0 unspecified atom stereocenters. The fraction of sp³-hybridized carbons (Fsp3) is 0.917. The molecule has 1 saturated heterocycles. The van der Waals surface area contributed by atoms with E-state index >= 15 is 0 Å². The minimum absolute atomic E-state index is 0.185. The maximum Gasteiger partial charge on any atom is 0.407 e. The Bertz CT molecular complexity index is 249. The molecule has 5 nitrogen and oxygen atoms in total. The maximum atomic E-state index is 11.6. The molecule has 3 N–H and O–H groups in total. The molecule has 0 radical (unpaired) electrons. The molecule has 1 amide bonds. The van der Waals surface area contributed by atoms with Crippen molar-refractivity contribution in [3.63, 3.8) is 0 Å². The van der Waals surface area contributed by atoms with Gasteiger partial charge < -0.3 is 20.7 Å². The molecule has 0 aromatic heterocycles. The van der Waals surface area contributed by atoms with Gasteiger partial charge in [-0.2, -0.15) is 0 Å². The summed E-state index contributed by atoms with van der Waals surface area (Å²) in [7, 11) is 0. The molecule has 1 rings (SSSR count). The standard InChI is InChI=1S/C12H25N3O2/c1-12(2,3)17-11(16)14-10-5-4-7-15(9-10)8-6-13/h10H,4-9,13H2,1-3H3,(H,14,16)/t10-/m1/s1. The van der Waals surface area contributed by atoms with Gasteiger partial charge in [0, 0.05) is 25.7 Å².